The Kier molecular flexibility index (Phi) is 11.7. The fraction of sp³-hybridized carbons (Fsp3) is 0.393. The van der Waals surface area contributed by atoms with Crippen LogP contribution in [0.2, 0.25) is 0 Å². The summed E-state index contributed by atoms with van der Waals surface area (Å²) in [5.74, 6) is -1.35. The van der Waals surface area contributed by atoms with E-state index < -0.39 is 17.9 Å². The molecule has 2 aromatic rings. The van der Waals surface area contributed by atoms with Gasteiger partial charge in [0.05, 0.1) is 13.0 Å². The second kappa shape index (κ2) is 14.7. The lowest BCUT2D eigenvalue weighted by molar-refractivity contribution is -0.139. The van der Waals surface area contributed by atoms with E-state index in [2.05, 4.69) is 5.48 Å². The van der Waals surface area contributed by atoms with Crippen molar-refractivity contribution in [1.82, 2.24) is 10.4 Å². The summed E-state index contributed by atoms with van der Waals surface area (Å²) in [6.07, 6.45) is 3.67. The van der Waals surface area contributed by atoms with Crippen LogP contribution in [0.5, 0.6) is 0 Å². The van der Waals surface area contributed by atoms with Gasteiger partial charge < -0.3 is 10.6 Å². The summed E-state index contributed by atoms with van der Waals surface area (Å²) in [5.41, 5.74) is 10.3. The first kappa shape index (κ1) is 27.8. The molecule has 1 atom stereocenters. The molecule has 7 nitrogen and oxygen atoms in total. The lowest BCUT2D eigenvalue weighted by Crippen LogP contribution is -2.48. The van der Waals surface area contributed by atoms with E-state index in [9.17, 15) is 14.4 Å². The van der Waals surface area contributed by atoms with Crippen LogP contribution in [0, 0.1) is 5.92 Å². The highest BCUT2D eigenvalue weighted by atomic mass is 16.6. The molecule has 7 heteroatoms. The minimum atomic E-state index is -0.768. The molecule has 3 amide bonds. The predicted octanol–water partition coefficient (Wildman–Crippen LogP) is 4.28. The van der Waals surface area contributed by atoms with Gasteiger partial charge in [0.15, 0.2) is 0 Å². The zero-order valence-corrected chi connectivity index (χ0v) is 20.9. The molecule has 0 aliphatic rings. The maximum absolute atomic E-state index is 13.8. The highest BCUT2D eigenvalue weighted by Crippen LogP contribution is 2.20. The van der Waals surface area contributed by atoms with Crippen LogP contribution in [-0.2, 0) is 32.4 Å². The number of unbranched alkanes of at least 4 members (excludes halogenated alkanes) is 1. The van der Waals surface area contributed by atoms with Gasteiger partial charge in [-0.2, -0.15) is 0 Å². The van der Waals surface area contributed by atoms with Crippen molar-refractivity contribution in [3.8, 4) is 0 Å². The van der Waals surface area contributed by atoms with E-state index in [1.54, 1.807) is 6.08 Å². The number of hydrogen-bond acceptors (Lipinski definition) is 4. The molecule has 0 spiro atoms. The Hall–Kier alpha value is -3.45. The number of benzene rings is 2. The maximum Gasteiger partial charge on any atom is 0.250 e. The quantitative estimate of drug-likeness (QED) is 0.312. The van der Waals surface area contributed by atoms with Gasteiger partial charge in [0, 0.05) is 12.1 Å². The molecule has 0 unspecified atom stereocenters. The van der Waals surface area contributed by atoms with Crippen LogP contribution in [0.25, 0.3) is 0 Å². The van der Waals surface area contributed by atoms with E-state index >= 15 is 0 Å². The van der Waals surface area contributed by atoms with Crippen molar-refractivity contribution in [3.05, 3.63) is 83.4 Å². The third kappa shape index (κ3) is 9.74. The number of nitrogens with zero attached hydrogens (tertiary/aromatic N) is 1. The van der Waals surface area contributed by atoms with E-state index in [4.69, 9.17) is 10.6 Å². The van der Waals surface area contributed by atoms with Gasteiger partial charge in [-0.1, -0.05) is 100 Å². The van der Waals surface area contributed by atoms with Crippen LogP contribution >= 0.6 is 0 Å². The average Bonchev–Trinajstić information content (AvgIpc) is 2.83. The van der Waals surface area contributed by atoms with E-state index in [0.29, 0.717) is 12.0 Å². The molecule has 35 heavy (non-hydrogen) atoms. The third-order valence-corrected chi connectivity index (χ3v) is 5.42. The zero-order valence-electron chi connectivity index (χ0n) is 20.9. The van der Waals surface area contributed by atoms with Gasteiger partial charge in [0.2, 0.25) is 11.8 Å². The Morgan fingerprint density at radius 3 is 2.14 bits per heavy atom. The molecule has 0 aliphatic carbocycles. The average molecular weight is 480 g/mol. The van der Waals surface area contributed by atoms with Crippen molar-refractivity contribution in [2.75, 3.05) is 0 Å². The van der Waals surface area contributed by atoms with Crippen molar-refractivity contribution in [2.45, 2.75) is 65.6 Å². The summed E-state index contributed by atoms with van der Waals surface area (Å²) in [6, 6.07) is 18.1. The normalized spacial score (nSPS) is 12.3. The highest BCUT2D eigenvalue weighted by molar-refractivity contribution is 6.00. The van der Waals surface area contributed by atoms with Crippen molar-refractivity contribution in [1.29, 1.82) is 0 Å². The smallest absolute Gasteiger partial charge is 0.250 e. The van der Waals surface area contributed by atoms with Crippen LogP contribution in [0.3, 0.4) is 0 Å². The molecule has 0 aliphatic heterocycles. The molecule has 0 aromatic heterocycles. The fourth-order valence-electron chi connectivity index (χ4n) is 3.73. The number of nitrogens with one attached hydrogen (secondary N) is 1. The number of carbonyl (C=O) groups is 3. The van der Waals surface area contributed by atoms with Gasteiger partial charge in [0.25, 0.3) is 5.91 Å². The van der Waals surface area contributed by atoms with E-state index in [1.165, 1.54) is 4.90 Å². The molecule has 0 heterocycles. The van der Waals surface area contributed by atoms with E-state index in [-0.39, 0.29) is 31.4 Å². The predicted molar refractivity (Wildman–Crippen MR) is 136 cm³/mol. The molecule has 0 radical (unpaired) electrons. The first-order valence-corrected chi connectivity index (χ1v) is 12.1. The van der Waals surface area contributed by atoms with Crippen molar-refractivity contribution < 1.29 is 19.2 Å². The van der Waals surface area contributed by atoms with Crippen LogP contribution in [0.1, 0.15) is 57.6 Å². The topological polar surface area (TPSA) is 102 Å². The lowest BCUT2D eigenvalue weighted by atomic mass is 10.0. The number of nitrogens with two attached hydrogens (primary N) is 1. The molecule has 3 N–H and O–H groups in total. The van der Waals surface area contributed by atoms with Crippen LogP contribution < -0.4 is 11.2 Å². The molecule has 188 valence electrons. The van der Waals surface area contributed by atoms with Gasteiger partial charge >= 0.3 is 0 Å². The Labute approximate surface area is 208 Å². The molecule has 0 saturated carbocycles. The maximum atomic E-state index is 13.8. The summed E-state index contributed by atoms with van der Waals surface area (Å²) in [4.78, 5) is 45.6. The SMILES string of the molecule is CCCC[C@@H](C(N)=O)N(Cc1ccccc1)C(=O)C(=CC(C)C)CC(=O)NOCc1ccccc1. The number of carbonyl (C=O) groups excluding carboxylic acids is 3. The van der Waals surface area contributed by atoms with Crippen molar-refractivity contribution >= 4 is 17.7 Å². The Balaban J connectivity index is 2.21. The summed E-state index contributed by atoms with van der Waals surface area (Å²) < 4.78 is 0. The summed E-state index contributed by atoms with van der Waals surface area (Å²) >= 11 is 0. The first-order chi connectivity index (χ1) is 16.8. The second-order valence-electron chi connectivity index (χ2n) is 8.89. The number of allylic oxidation sites excluding steroid dienone is 1. The Morgan fingerprint density at radius 2 is 1.60 bits per heavy atom. The van der Waals surface area contributed by atoms with Gasteiger partial charge in [-0.15, -0.1) is 0 Å². The zero-order chi connectivity index (χ0) is 25.6. The Bertz CT molecular complexity index is 974. The molecule has 2 aromatic carbocycles. The molecule has 0 saturated heterocycles. The largest absolute Gasteiger partial charge is 0.368 e. The minimum Gasteiger partial charge on any atom is -0.368 e. The van der Waals surface area contributed by atoms with Gasteiger partial charge in [0.1, 0.15) is 6.04 Å². The lowest BCUT2D eigenvalue weighted by Gasteiger charge is -2.31. The fourth-order valence-corrected chi connectivity index (χ4v) is 3.73. The highest BCUT2D eigenvalue weighted by Gasteiger charge is 2.30. The third-order valence-electron chi connectivity index (χ3n) is 5.42. The Morgan fingerprint density at radius 1 is 1.00 bits per heavy atom. The minimum absolute atomic E-state index is 0.0215. The van der Waals surface area contributed by atoms with Crippen LogP contribution in [0.4, 0.5) is 0 Å². The second-order valence-corrected chi connectivity index (χ2v) is 8.89. The number of hydroxylamine groups is 1. The number of hydrogen-bond donors (Lipinski definition) is 2. The van der Waals surface area contributed by atoms with E-state index in [0.717, 1.165) is 24.0 Å². The van der Waals surface area contributed by atoms with Gasteiger partial charge in [-0.3, -0.25) is 19.2 Å². The van der Waals surface area contributed by atoms with Crippen molar-refractivity contribution in [2.24, 2.45) is 11.7 Å². The van der Waals surface area contributed by atoms with Gasteiger partial charge in [-0.25, -0.2) is 5.48 Å². The van der Waals surface area contributed by atoms with Crippen molar-refractivity contribution in [3.63, 3.8) is 0 Å². The molecular formula is C28H37N3O4. The summed E-state index contributed by atoms with van der Waals surface area (Å²) in [7, 11) is 0. The summed E-state index contributed by atoms with van der Waals surface area (Å²) in [6.45, 7) is 6.32. The molecule has 2 rings (SSSR count). The molecule has 0 fully saturated rings. The van der Waals surface area contributed by atoms with E-state index in [1.807, 2.05) is 81.4 Å². The number of rotatable bonds is 14. The molecule has 0 bridgehead atoms. The molecular weight excluding hydrogens is 442 g/mol. The van der Waals surface area contributed by atoms with Crippen LogP contribution in [-0.4, -0.2) is 28.7 Å². The van der Waals surface area contributed by atoms with Gasteiger partial charge in [-0.05, 0) is 23.5 Å². The number of amides is 3. The monoisotopic (exact) mass is 479 g/mol. The first-order valence-electron chi connectivity index (χ1n) is 12.1. The standard InChI is InChI=1S/C28H37N3O4/c1-4-5-16-25(27(29)33)31(19-22-12-8-6-9-13-22)28(34)24(17-21(2)3)18-26(32)30-35-20-23-14-10-7-11-15-23/h6-15,17,21,25H,4-5,16,18-20H2,1-3H3,(H2,29,33)(H,30,32)/t25-/m0/s1. The summed E-state index contributed by atoms with van der Waals surface area (Å²) in [5, 5.41) is 0. The van der Waals surface area contributed by atoms with Crippen LogP contribution in [0.15, 0.2) is 72.3 Å². The number of primary amides is 1.